The van der Waals surface area contributed by atoms with Crippen LogP contribution >= 0.6 is 0 Å². The third-order valence-corrected chi connectivity index (χ3v) is 16.5. The Morgan fingerprint density at radius 2 is 0.435 bits per heavy atom. The largest absolute Gasteiger partial charge is 0.310 e. The Morgan fingerprint density at radius 3 is 0.797 bits per heavy atom. The quantitative estimate of drug-likeness (QED) is 0.160. The summed E-state index contributed by atoms with van der Waals surface area (Å²) in [5.41, 5.74) is 23.8. The summed E-state index contributed by atoms with van der Waals surface area (Å²) in [4.78, 5) is 2.53. The Hall–Kier alpha value is -8.78. The highest BCUT2D eigenvalue weighted by Crippen LogP contribution is 2.65. The summed E-state index contributed by atoms with van der Waals surface area (Å²) in [6.07, 6.45) is 0. The normalized spacial score (nSPS) is 14.3. The van der Waals surface area contributed by atoms with Crippen molar-refractivity contribution in [2.45, 2.75) is 10.8 Å². The summed E-state index contributed by atoms with van der Waals surface area (Å²) < 4.78 is 0. The highest BCUT2D eigenvalue weighted by molar-refractivity contribution is 6.26. The van der Waals surface area contributed by atoms with Gasteiger partial charge in [-0.2, -0.15) is 0 Å². The van der Waals surface area contributed by atoms with E-state index in [0.29, 0.717) is 0 Å². The minimum atomic E-state index is -0.412. The molecule has 0 bridgehead atoms. The van der Waals surface area contributed by atoms with Crippen molar-refractivity contribution in [1.82, 2.24) is 0 Å². The van der Waals surface area contributed by atoms with E-state index in [2.05, 4.69) is 254 Å². The first kappa shape index (κ1) is 37.3. The molecule has 0 radical (unpaired) electrons. The second-order valence-electron chi connectivity index (χ2n) is 19.4. The number of nitrogens with zero attached hydrogens (tertiary/aromatic N) is 1. The Morgan fingerprint density at radius 1 is 0.188 bits per heavy atom. The molecule has 0 saturated heterocycles. The number of rotatable bonds is 3. The van der Waals surface area contributed by atoms with Crippen molar-refractivity contribution in [3.05, 3.63) is 293 Å². The summed E-state index contributed by atoms with van der Waals surface area (Å²) in [5.74, 6) is 0. The van der Waals surface area contributed by atoms with Gasteiger partial charge in [0.2, 0.25) is 0 Å². The van der Waals surface area contributed by atoms with Crippen molar-refractivity contribution >= 4 is 49.4 Å². The van der Waals surface area contributed by atoms with Gasteiger partial charge in [-0.15, -0.1) is 0 Å². The lowest BCUT2D eigenvalue weighted by Gasteiger charge is -2.32. The molecular weight excluding hydrogens is 831 g/mol. The Kier molecular flexibility index (Phi) is 7.27. The minimum Gasteiger partial charge on any atom is -0.310 e. The molecule has 0 atom stereocenters. The Labute approximate surface area is 400 Å². The number of hydrogen-bond acceptors (Lipinski definition) is 1. The van der Waals surface area contributed by atoms with E-state index in [1.165, 1.54) is 121 Å². The summed E-state index contributed by atoms with van der Waals surface area (Å²) in [7, 11) is 0. The van der Waals surface area contributed by atoms with Crippen molar-refractivity contribution in [3.8, 4) is 44.5 Å². The molecule has 318 valence electrons. The van der Waals surface area contributed by atoms with Crippen LogP contribution in [0, 0.1) is 0 Å². The Bertz CT molecular complexity index is 3910. The van der Waals surface area contributed by atoms with Gasteiger partial charge < -0.3 is 4.90 Å². The van der Waals surface area contributed by atoms with E-state index >= 15 is 0 Å². The number of fused-ring (bicyclic) bond motifs is 26. The fourth-order valence-corrected chi connectivity index (χ4v) is 13.9. The van der Waals surface area contributed by atoms with Crippen LogP contribution in [0.3, 0.4) is 0 Å². The summed E-state index contributed by atoms with van der Waals surface area (Å²) in [5, 5.41) is 7.61. The molecule has 0 unspecified atom stereocenters. The van der Waals surface area contributed by atoms with Gasteiger partial charge in [0, 0.05) is 17.1 Å². The smallest absolute Gasteiger partial charge is 0.0725 e. The first-order valence-corrected chi connectivity index (χ1v) is 24.3. The first-order valence-electron chi connectivity index (χ1n) is 24.3. The lowest BCUT2D eigenvalue weighted by Crippen LogP contribution is -2.26. The molecular formula is C68H41N. The van der Waals surface area contributed by atoms with E-state index in [1.54, 1.807) is 0 Å². The van der Waals surface area contributed by atoms with Gasteiger partial charge >= 0.3 is 0 Å². The van der Waals surface area contributed by atoms with E-state index in [-0.39, 0.29) is 0 Å². The van der Waals surface area contributed by atoms with Gasteiger partial charge in [0.25, 0.3) is 0 Å². The van der Waals surface area contributed by atoms with Gasteiger partial charge in [0.15, 0.2) is 0 Å². The van der Waals surface area contributed by atoms with Gasteiger partial charge in [0.1, 0.15) is 0 Å². The fraction of sp³-hybridized carbons (Fsp3) is 0.0294. The zero-order valence-corrected chi connectivity index (χ0v) is 37.6. The third-order valence-electron chi connectivity index (χ3n) is 16.5. The zero-order valence-electron chi connectivity index (χ0n) is 37.6. The van der Waals surface area contributed by atoms with Gasteiger partial charge in [0.05, 0.1) is 10.8 Å². The average Bonchev–Trinajstić information content (AvgIpc) is 4.10. The van der Waals surface area contributed by atoms with E-state index in [1.807, 2.05) is 0 Å². The Balaban J connectivity index is 0.972. The third kappa shape index (κ3) is 4.56. The van der Waals surface area contributed by atoms with E-state index in [0.717, 1.165) is 17.1 Å². The molecule has 1 heteroatoms. The van der Waals surface area contributed by atoms with Gasteiger partial charge in [-0.05, 0) is 158 Å². The number of benzene rings is 12. The van der Waals surface area contributed by atoms with Gasteiger partial charge in [-0.25, -0.2) is 0 Å². The van der Waals surface area contributed by atoms with Crippen LogP contribution in [-0.4, -0.2) is 0 Å². The number of anilines is 3. The van der Waals surface area contributed by atoms with Crippen LogP contribution in [0.1, 0.15) is 44.5 Å². The maximum Gasteiger partial charge on any atom is 0.0725 e. The van der Waals surface area contributed by atoms with Crippen LogP contribution in [0.4, 0.5) is 17.1 Å². The lowest BCUT2D eigenvalue weighted by molar-refractivity contribution is 0.793. The molecule has 0 amide bonds. The SMILES string of the molecule is c1ccc2c(c1)-c1ccccc1C21c2ccccc2-c2cc(N(c3ccc4c(c3)-c3ccccc3C43c4ccccc4-c4ccccc43)c3ccc4c5ccccc5c5ccccc5c4c3)ccc21. The van der Waals surface area contributed by atoms with Crippen molar-refractivity contribution in [2.24, 2.45) is 0 Å². The van der Waals surface area contributed by atoms with Crippen molar-refractivity contribution in [3.63, 3.8) is 0 Å². The van der Waals surface area contributed by atoms with E-state index in [4.69, 9.17) is 0 Å². The lowest BCUT2D eigenvalue weighted by atomic mass is 9.70. The van der Waals surface area contributed by atoms with E-state index < -0.39 is 10.8 Å². The summed E-state index contributed by atoms with van der Waals surface area (Å²) in [6.45, 7) is 0. The van der Waals surface area contributed by atoms with Crippen LogP contribution in [0.5, 0.6) is 0 Å². The highest BCUT2D eigenvalue weighted by Gasteiger charge is 2.53. The number of hydrogen-bond donors (Lipinski definition) is 0. The predicted octanol–water partition coefficient (Wildman–Crippen LogP) is 17.3. The first-order chi connectivity index (χ1) is 34.2. The molecule has 12 aromatic carbocycles. The summed E-state index contributed by atoms with van der Waals surface area (Å²) >= 11 is 0. The fourth-order valence-electron chi connectivity index (χ4n) is 13.9. The molecule has 16 rings (SSSR count). The van der Waals surface area contributed by atoms with Crippen molar-refractivity contribution < 1.29 is 0 Å². The van der Waals surface area contributed by atoms with Crippen LogP contribution < -0.4 is 4.90 Å². The second-order valence-corrected chi connectivity index (χ2v) is 19.4. The molecule has 0 aliphatic heterocycles. The zero-order chi connectivity index (χ0) is 45.0. The molecule has 0 heterocycles. The van der Waals surface area contributed by atoms with Crippen LogP contribution in [0.25, 0.3) is 76.8 Å². The average molecular weight is 872 g/mol. The molecule has 4 aliphatic rings. The molecule has 4 aliphatic carbocycles. The standard InChI is InChI=1S/C68H41N/c1-2-19-47-45(17-1)46-18-3-4-20-48(46)56-39-42(33-36-49(47)56)69(43-34-37-65-57(40-43)54-25-9-15-31-63(54)67(65)59-27-11-5-21-50(59)51-22-6-12-28-60(51)67)44-35-38-66-58(41-44)55-26-10-16-32-64(55)68(66)61-29-13-7-23-52(61)53-24-8-14-30-62(53)68/h1-41H. The molecule has 2 spiro atoms. The molecule has 69 heavy (non-hydrogen) atoms. The van der Waals surface area contributed by atoms with Crippen LogP contribution in [0.2, 0.25) is 0 Å². The maximum absolute atomic E-state index is 2.53. The van der Waals surface area contributed by atoms with Crippen LogP contribution in [0.15, 0.2) is 249 Å². The van der Waals surface area contributed by atoms with Gasteiger partial charge in [-0.3, -0.25) is 0 Å². The maximum atomic E-state index is 2.53. The molecule has 1 nitrogen and oxygen atoms in total. The molecule has 0 N–H and O–H groups in total. The monoisotopic (exact) mass is 871 g/mol. The van der Waals surface area contributed by atoms with Crippen LogP contribution in [-0.2, 0) is 10.8 Å². The highest BCUT2D eigenvalue weighted by atomic mass is 15.1. The molecule has 0 saturated carbocycles. The van der Waals surface area contributed by atoms with E-state index in [9.17, 15) is 0 Å². The van der Waals surface area contributed by atoms with Gasteiger partial charge in [-0.1, -0.05) is 212 Å². The van der Waals surface area contributed by atoms with Crippen molar-refractivity contribution in [2.75, 3.05) is 4.90 Å². The minimum absolute atomic E-state index is 0.412. The predicted molar refractivity (Wildman–Crippen MR) is 286 cm³/mol. The topological polar surface area (TPSA) is 3.24 Å². The second kappa shape index (κ2) is 13.4. The molecule has 0 aromatic heterocycles. The van der Waals surface area contributed by atoms with Crippen molar-refractivity contribution in [1.29, 1.82) is 0 Å². The summed E-state index contributed by atoms with van der Waals surface area (Å²) in [6, 6.07) is 94.2. The molecule has 12 aromatic rings. The molecule has 0 fully saturated rings.